The molecule has 1 aromatic carbocycles. The highest BCUT2D eigenvalue weighted by atomic mass is 19.3. The first-order chi connectivity index (χ1) is 16.9. The average Bonchev–Trinajstić information content (AvgIpc) is 3.48. The highest BCUT2D eigenvalue weighted by Gasteiger charge is 2.53. The first-order valence-electron chi connectivity index (χ1n) is 12.0. The van der Waals surface area contributed by atoms with Crippen molar-refractivity contribution in [3.05, 3.63) is 45.4 Å². The molecule has 1 aliphatic carbocycles. The maximum Gasteiger partial charge on any atom is 0.274 e. The Morgan fingerprint density at radius 1 is 1.14 bits per heavy atom. The fourth-order valence-electron chi connectivity index (χ4n) is 5.19. The van der Waals surface area contributed by atoms with E-state index in [2.05, 4.69) is 22.2 Å². The Labute approximate surface area is 205 Å². The van der Waals surface area contributed by atoms with Gasteiger partial charge in [-0.05, 0) is 31.1 Å². The summed E-state index contributed by atoms with van der Waals surface area (Å²) in [4.78, 5) is 36.1. The molecule has 0 radical (unpaired) electrons. The van der Waals surface area contributed by atoms with Gasteiger partial charge in [0, 0.05) is 56.8 Å². The molecule has 9 nitrogen and oxygen atoms in total. The Hall–Kier alpha value is -3.44. The quantitative estimate of drug-likeness (QED) is 0.470. The largest absolute Gasteiger partial charge is 0.370 e. The molecule has 2 aromatic rings. The van der Waals surface area contributed by atoms with Crippen molar-refractivity contribution in [2.75, 3.05) is 41.3 Å². The van der Waals surface area contributed by atoms with Crippen molar-refractivity contribution in [1.82, 2.24) is 9.97 Å². The van der Waals surface area contributed by atoms with Crippen LogP contribution in [0.5, 0.6) is 0 Å². The normalized spacial score (nSPS) is 24.8. The van der Waals surface area contributed by atoms with Crippen LogP contribution < -0.4 is 15.1 Å². The fourth-order valence-corrected chi connectivity index (χ4v) is 5.19. The van der Waals surface area contributed by atoms with Gasteiger partial charge in [-0.2, -0.15) is 4.98 Å². The number of fused-ring (bicyclic) bond motifs is 1. The summed E-state index contributed by atoms with van der Waals surface area (Å²) in [5.41, 5.74) is 0.204. The molecule has 36 heavy (non-hydrogen) atoms. The molecule has 3 fully saturated rings. The average molecular weight is 505 g/mol. The van der Waals surface area contributed by atoms with Gasteiger partial charge in [0.05, 0.1) is 22.2 Å². The molecule has 1 aromatic heterocycles. The number of alkyl halides is 2. The number of rotatable bonds is 5. The molecule has 0 bridgehead atoms. The van der Waals surface area contributed by atoms with Gasteiger partial charge in [-0.25, -0.2) is 18.2 Å². The maximum atomic E-state index is 15.2. The second kappa shape index (κ2) is 8.59. The van der Waals surface area contributed by atoms with Gasteiger partial charge < -0.3 is 15.1 Å². The molecule has 2 unspecified atom stereocenters. The van der Waals surface area contributed by atoms with E-state index in [1.165, 1.54) is 12.1 Å². The molecule has 1 amide bonds. The lowest BCUT2D eigenvalue weighted by Crippen LogP contribution is -2.40. The minimum Gasteiger partial charge on any atom is -0.370 e. The molecule has 12 heteroatoms. The zero-order valence-corrected chi connectivity index (χ0v) is 20.1. The minimum absolute atomic E-state index is 0.0695. The van der Waals surface area contributed by atoms with Gasteiger partial charge >= 0.3 is 0 Å². The van der Waals surface area contributed by atoms with Crippen molar-refractivity contribution in [2.24, 2.45) is 11.3 Å². The van der Waals surface area contributed by atoms with Crippen molar-refractivity contribution in [3.63, 3.8) is 0 Å². The Morgan fingerprint density at radius 3 is 2.50 bits per heavy atom. The monoisotopic (exact) mass is 504 g/mol. The number of amides is 1. The zero-order valence-electron chi connectivity index (χ0n) is 20.1. The summed E-state index contributed by atoms with van der Waals surface area (Å²) >= 11 is 0. The van der Waals surface area contributed by atoms with Crippen molar-refractivity contribution >= 4 is 29.0 Å². The van der Waals surface area contributed by atoms with E-state index in [0.717, 1.165) is 18.9 Å². The minimum atomic E-state index is -2.73. The van der Waals surface area contributed by atoms with Crippen molar-refractivity contribution in [3.8, 4) is 0 Å². The van der Waals surface area contributed by atoms with Crippen LogP contribution in [0.15, 0.2) is 18.2 Å². The predicted octanol–water partition coefficient (Wildman–Crippen LogP) is 4.56. The molecule has 192 valence electrons. The van der Waals surface area contributed by atoms with Crippen molar-refractivity contribution in [1.29, 1.82) is 0 Å². The number of nitro benzene ring substituents is 1. The Morgan fingerprint density at radius 2 is 1.83 bits per heavy atom. The molecule has 1 N–H and O–H groups in total. The van der Waals surface area contributed by atoms with Crippen LogP contribution in [0.1, 0.15) is 48.7 Å². The number of nitrogens with zero attached hydrogens (tertiary/aromatic N) is 5. The van der Waals surface area contributed by atoms with E-state index in [9.17, 15) is 23.7 Å². The van der Waals surface area contributed by atoms with Gasteiger partial charge in [0.1, 0.15) is 11.6 Å². The van der Waals surface area contributed by atoms with Crippen LogP contribution in [-0.4, -0.2) is 52.9 Å². The van der Waals surface area contributed by atoms with E-state index in [1.807, 2.05) is 4.90 Å². The van der Waals surface area contributed by atoms with Crippen LogP contribution in [0.2, 0.25) is 0 Å². The highest BCUT2D eigenvalue weighted by Crippen LogP contribution is 2.58. The zero-order chi connectivity index (χ0) is 25.8. The second-order valence-corrected chi connectivity index (χ2v) is 10.3. The smallest absolute Gasteiger partial charge is 0.274 e. The third-order valence-electron chi connectivity index (χ3n) is 7.63. The third-order valence-corrected chi connectivity index (χ3v) is 7.63. The van der Waals surface area contributed by atoms with E-state index < -0.39 is 28.3 Å². The first kappa shape index (κ1) is 24.3. The number of non-ortho nitro benzene ring substituents is 1. The second-order valence-electron chi connectivity index (χ2n) is 10.3. The molecular formula is C24H27F3N6O3. The molecule has 2 saturated heterocycles. The lowest BCUT2D eigenvalue weighted by molar-refractivity contribution is -0.385. The summed E-state index contributed by atoms with van der Waals surface area (Å²) in [7, 11) is 0. The fraction of sp³-hybridized carbons (Fsp3) is 0.542. The molecule has 5 rings (SSSR count). The Kier molecular flexibility index (Phi) is 5.79. The van der Waals surface area contributed by atoms with Crippen LogP contribution in [0.4, 0.5) is 36.3 Å². The lowest BCUT2D eigenvalue weighted by atomic mass is 9.96. The molecule has 0 spiro atoms. The Bertz CT molecular complexity index is 1230. The number of aryl methyl sites for hydroxylation is 1. The standard InChI is InChI=1S/C24H27F3N6O3/c1-14-9-19(30-22(28-14)31-7-4-24(26,27)5-8-31)29-21(34)20-17(25)10-16(33(35)36)11-18(20)32-6-3-23(2)12-15(23)13-32/h9-11,15H,3-8,12-13H2,1-2H3,(H,28,29,30,34). The topological polar surface area (TPSA) is 104 Å². The summed E-state index contributed by atoms with van der Waals surface area (Å²) in [6.45, 7) is 5.16. The highest BCUT2D eigenvalue weighted by molar-refractivity contribution is 6.08. The molecule has 3 heterocycles. The third kappa shape index (κ3) is 4.68. The summed E-state index contributed by atoms with van der Waals surface area (Å²) in [5, 5.41) is 14.0. The number of nitrogens with one attached hydrogen (secondary N) is 1. The van der Waals surface area contributed by atoms with Crippen molar-refractivity contribution < 1.29 is 22.9 Å². The van der Waals surface area contributed by atoms with Crippen LogP contribution in [0.3, 0.4) is 0 Å². The number of carbonyl (C=O) groups excluding carboxylic acids is 1. The number of halogens is 3. The molecule has 2 aliphatic heterocycles. The van der Waals surface area contributed by atoms with E-state index in [4.69, 9.17) is 0 Å². The van der Waals surface area contributed by atoms with Crippen LogP contribution in [-0.2, 0) is 0 Å². The molecular weight excluding hydrogens is 477 g/mol. The number of aromatic nitrogens is 2. The van der Waals surface area contributed by atoms with E-state index >= 15 is 4.39 Å². The number of anilines is 3. The lowest BCUT2D eigenvalue weighted by Gasteiger charge is -2.33. The molecule has 2 atom stereocenters. The first-order valence-corrected chi connectivity index (χ1v) is 12.0. The maximum absolute atomic E-state index is 15.2. The van der Waals surface area contributed by atoms with Crippen LogP contribution >= 0.6 is 0 Å². The molecule has 1 saturated carbocycles. The number of carbonyl (C=O) groups is 1. The number of piperidine rings is 2. The molecule has 3 aliphatic rings. The van der Waals surface area contributed by atoms with Gasteiger partial charge in [0.15, 0.2) is 0 Å². The summed E-state index contributed by atoms with van der Waals surface area (Å²) in [6.07, 6.45) is 1.25. The number of nitro groups is 1. The van der Waals surface area contributed by atoms with E-state index in [-0.39, 0.29) is 54.4 Å². The van der Waals surface area contributed by atoms with Crippen LogP contribution in [0.25, 0.3) is 0 Å². The van der Waals surface area contributed by atoms with E-state index in [1.54, 1.807) is 11.8 Å². The van der Waals surface area contributed by atoms with Gasteiger partial charge in [0.2, 0.25) is 5.95 Å². The van der Waals surface area contributed by atoms with Crippen molar-refractivity contribution in [2.45, 2.75) is 45.5 Å². The van der Waals surface area contributed by atoms with Gasteiger partial charge in [-0.15, -0.1) is 0 Å². The van der Waals surface area contributed by atoms with Crippen LogP contribution in [0, 0.1) is 34.2 Å². The number of hydrogen-bond donors (Lipinski definition) is 1. The summed E-state index contributed by atoms with van der Waals surface area (Å²) < 4.78 is 42.3. The summed E-state index contributed by atoms with van der Waals surface area (Å²) in [5.74, 6) is -3.83. The predicted molar refractivity (Wildman–Crippen MR) is 127 cm³/mol. The summed E-state index contributed by atoms with van der Waals surface area (Å²) in [6, 6.07) is 3.49. The SMILES string of the molecule is Cc1cc(NC(=O)c2c(F)cc([N+](=O)[O-])cc2N2CCC3(C)CC3C2)nc(N2CCC(F)(F)CC2)n1. The van der Waals surface area contributed by atoms with Gasteiger partial charge in [-0.1, -0.05) is 6.92 Å². The number of hydrogen-bond acceptors (Lipinski definition) is 7. The Balaban J connectivity index is 1.43. The van der Waals surface area contributed by atoms with Gasteiger partial charge in [0.25, 0.3) is 17.5 Å². The van der Waals surface area contributed by atoms with E-state index in [0.29, 0.717) is 24.7 Å². The number of benzene rings is 1. The van der Waals surface area contributed by atoms with Gasteiger partial charge in [-0.3, -0.25) is 14.9 Å².